The third-order valence-corrected chi connectivity index (χ3v) is 1.85. The number of amides is 1. The minimum Gasteiger partial charge on any atom is -0.292 e. The van der Waals surface area contributed by atoms with Crippen molar-refractivity contribution in [3.8, 4) is 0 Å². The topological polar surface area (TPSA) is 70.6 Å². The number of hydrogen-bond acceptors (Lipinski definition) is 4. The van der Waals surface area contributed by atoms with E-state index in [1.165, 1.54) is 0 Å². The maximum absolute atomic E-state index is 11.1. The van der Waals surface area contributed by atoms with E-state index in [-0.39, 0.29) is 24.3 Å². The molecular formula is C7H16N2O3. The zero-order valence-electron chi connectivity index (χ0n) is 7.63. The summed E-state index contributed by atoms with van der Waals surface area (Å²) in [6.45, 7) is 3.77. The highest BCUT2D eigenvalue weighted by atomic mass is 17.1. The van der Waals surface area contributed by atoms with Gasteiger partial charge in [-0.3, -0.25) is 15.5 Å². The van der Waals surface area contributed by atoms with Gasteiger partial charge in [0.15, 0.2) is 0 Å². The zero-order chi connectivity index (χ0) is 9.56. The lowest BCUT2D eigenvalue weighted by Gasteiger charge is -2.16. The minimum atomic E-state index is -0.190. The van der Waals surface area contributed by atoms with Crippen LogP contribution in [0.15, 0.2) is 0 Å². The van der Waals surface area contributed by atoms with Crippen LogP contribution in [0.4, 0.5) is 0 Å². The Balaban J connectivity index is 3.82. The first-order chi connectivity index (χ1) is 5.63. The largest absolute Gasteiger partial charge is 0.292 e. The number of hydrazine groups is 1. The van der Waals surface area contributed by atoms with Crippen molar-refractivity contribution >= 4 is 5.91 Å². The van der Waals surface area contributed by atoms with E-state index >= 15 is 0 Å². The van der Waals surface area contributed by atoms with E-state index in [4.69, 9.17) is 5.26 Å². The second-order valence-electron chi connectivity index (χ2n) is 2.80. The smallest absolute Gasteiger partial charge is 0.237 e. The molecule has 0 bridgehead atoms. The lowest BCUT2D eigenvalue weighted by atomic mass is 9.96. The van der Waals surface area contributed by atoms with Gasteiger partial charge in [0.05, 0.1) is 6.61 Å². The summed E-state index contributed by atoms with van der Waals surface area (Å²) >= 11 is 0. The van der Waals surface area contributed by atoms with E-state index in [1.807, 2.05) is 6.92 Å². The Kier molecular flexibility index (Phi) is 5.61. The quantitative estimate of drug-likeness (QED) is 0.407. The Labute approximate surface area is 72.0 Å². The van der Waals surface area contributed by atoms with Crippen molar-refractivity contribution in [3.05, 3.63) is 0 Å². The van der Waals surface area contributed by atoms with E-state index in [2.05, 4.69) is 15.7 Å². The molecule has 0 unspecified atom stereocenters. The maximum Gasteiger partial charge on any atom is 0.237 e. The number of carbonyl (C=O) groups excluding carboxylic acids is 1. The average molecular weight is 176 g/mol. The number of nitrogens with one attached hydrogen (secondary N) is 2. The summed E-state index contributed by atoms with van der Waals surface area (Å²) in [6, 6.07) is 0. The van der Waals surface area contributed by atoms with Crippen LogP contribution < -0.4 is 10.9 Å². The average Bonchev–Trinajstić information content (AvgIpc) is 2.04. The van der Waals surface area contributed by atoms with Gasteiger partial charge in [-0.25, -0.2) is 10.3 Å². The molecule has 12 heavy (non-hydrogen) atoms. The third-order valence-electron chi connectivity index (χ3n) is 1.85. The molecule has 0 aromatic carbocycles. The molecule has 0 aliphatic carbocycles. The van der Waals surface area contributed by atoms with Gasteiger partial charge in [0.1, 0.15) is 0 Å². The van der Waals surface area contributed by atoms with Crippen LogP contribution in [0, 0.1) is 11.8 Å². The Morgan fingerprint density at radius 1 is 1.58 bits per heavy atom. The molecule has 0 radical (unpaired) electrons. The molecule has 0 aliphatic heterocycles. The second kappa shape index (κ2) is 5.93. The molecule has 0 aromatic rings. The summed E-state index contributed by atoms with van der Waals surface area (Å²) in [7, 11) is 1.62. The summed E-state index contributed by atoms with van der Waals surface area (Å²) in [4.78, 5) is 15.1. The van der Waals surface area contributed by atoms with Gasteiger partial charge in [-0.1, -0.05) is 13.8 Å². The van der Waals surface area contributed by atoms with E-state index in [1.54, 1.807) is 14.0 Å². The Hall–Kier alpha value is -0.650. The van der Waals surface area contributed by atoms with Crippen LogP contribution in [0.5, 0.6) is 0 Å². The Morgan fingerprint density at radius 3 is 2.58 bits per heavy atom. The number of rotatable bonds is 5. The molecule has 1 amide bonds. The van der Waals surface area contributed by atoms with Crippen molar-refractivity contribution in [2.24, 2.45) is 11.8 Å². The summed E-state index contributed by atoms with van der Waals surface area (Å²) in [6.07, 6.45) is 0. The predicted molar refractivity (Wildman–Crippen MR) is 44.1 cm³/mol. The molecule has 0 rings (SSSR count). The van der Waals surface area contributed by atoms with Gasteiger partial charge in [0.2, 0.25) is 5.91 Å². The molecule has 0 fully saturated rings. The first-order valence-electron chi connectivity index (χ1n) is 3.86. The molecule has 5 heteroatoms. The summed E-state index contributed by atoms with van der Waals surface area (Å²) < 4.78 is 0. The van der Waals surface area contributed by atoms with Gasteiger partial charge < -0.3 is 0 Å². The third kappa shape index (κ3) is 3.66. The predicted octanol–water partition coefficient (Wildman–Crippen LogP) is -0.00120. The molecule has 0 saturated heterocycles. The van der Waals surface area contributed by atoms with Crippen LogP contribution in [-0.2, 0) is 9.68 Å². The Bertz CT molecular complexity index is 141. The van der Waals surface area contributed by atoms with Gasteiger partial charge in [0.25, 0.3) is 0 Å². The lowest BCUT2D eigenvalue weighted by molar-refractivity contribution is -0.252. The molecule has 72 valence electrons. The van der Waals surface area contributed by atoms with Gasteiger partial charge in [0, 0.05) is 13.0 Å². The van der Waals surface area contributed by atoms with Gasteiger partial charge in [-0.15, -0.1) is 0 Å². The fourth-order valence-corrected chi connectivity index (χ4v) is 0.757. The summed E-state index contributed by atoms with van der Waals surface area (Å²) in [5, 5.41) is 8.15. The van der Waals surface area contributed by atoms with E-state index in [0.29, 0.717) is 0 Å². The van der Waals surface area contributed by atoms with Gasteiger partial charge in [-0.05, 0) is 5.92 Å². The van der Waals surface area contributed by atoms with Crippen LogP contribution in [0.1, 0.15) is 13.8 Å². The number of hydrogen-bond donors (Lipinski definition) is 3. The summed E-state index contributed by atoms with van der Waals surface area (Å²) in [5.41, 5.74) is 5.00. The maximum atomic E-state index is 11.1. The highest BCUT2D eigenvalue weighted by Gasteiger charge is 2.19. The number of carbonyl (C=O) groups is 1. The van der Waals surface area contributed by atoms with Crippen molar-refractivity contribution in [1.29, 1.82) is 0 Å². The molecule has 0 aromatic heterocycles. The van der Waals surface area contributed by atoms with E-state index in [0.717, 1.165) is 0 Å². The highest BCUT2D eigenvalue weighted by Crippen LogP contribution is 2.10. The van der Waals surface area contributed by atoms with Crippen LogP contribution >= 0.6 is 0 Å². The molecule has 3 N–H and O–H groups in total. The zero-order valence-corrected chi connectivity index (χ0v) is 7.63. The van der Waals surface area contributed by atoms with Crippen molar-refractivity contribution in [2.45, 2.75) is 13.8 Å². The molecule has 5 nitrogen and oxygen atoms in total. The molecular weight excluding hydrogens is 160 g/mol. The van der Waals surface area contributed by atoms with Crippen LogP contribution in [0.25, 0.3) is 0 Å². The normalized spacial score (nSPS) is 15.3. The van der Waals surface area contributed by atoms with Crippen molar-refractivity contribution < 1.29 is 14.9 Å². The van der Waals surface area contributed by atoms with Gasteiger partial charge in [-0.2, -0.15) is 0 Å². The van der Waals surface area contributed by atoms with Crippen molar-refractivity contribution in [3.63, 3.8) is 0 Å². The Morgan fingerprint density at radius 2 is 2.17 bits per heavy atom. The monoisotopic (exact) mass is 176 g/mol. The molecule has 2 atom stereocenters. The van der Waals surface area contributed by atoms with Gasteiger partial charge >= 0.3 is 0 Å². The second-order valence-corrected chi connectivity index (χ2v) is 2.80. The van der Waals surface area contributed by atoms with E-state index in [9.17, 15) is 4.79 Å². The van der Waals surface area contributed by atoms with Crippen molar-refractivity contribution in [1.82, 2.24) is 10.9 Å². The molecule has 0 saturated carbocycles. The van der Waals surface area contributed by atoms with Crippen LogP contribution in [-0.4, -0.2) is 24.8 Å². The highest BCUT2D eigenvalue weighted by molar-refractivity contribution is 5.77. The SMILES string of the molecule is CNNC(=O)[C@H](C)[C@H](C)COO. The fraction of sp³-hybridized carbons (Fsp3) is 0.857. The fourth-order valence-electron chi connectivity index (χ4n) is 0.757. The minimum absolute atomic E-state index is 0.0108. The lowest BCUT2D eigenvalue weighted by Crippen LogP contribution is -2.40. The standard InChI is InChI=1S/C7H16N2O3/c1-5(4-12-11)6(2)7(10)9-8-3/h5-6,8,11H,4H2,1-3H3,(H,9,10)/t5-,6-/m1/s1. The van der Waals surface area contributed by atoms with Crippen molar-refractivity contribution in [2.75, 3.05) is 13.7 Å². The van der Waals surface area contributed by atoms with E-state index < -0.39 is 0 Å². The first kappa shape index (κ1) is 11.4. The van der Waals surface area contributed by atoms with Crippen LogP contribution in [0.2, 0.25) is 0 Å². The first-order valence-corrected chi connectivity index (χ1v) is 3.86. The summed E-state index contributed by atoms with van der Waals surface area (Å²) in [5.74, 6) is -0.310. The molecule has 0 heterocycles. The molecule has 0 spiro atoms. The molecule has 0 aliphatic rings. The van der Waals surface area contributed by atoms with Crippen LogP contribution in [0.3, 0.4) is 0 Å².